The Hall–Kier alpha value is -5.65. The van der Waals surface area contributed by atoms with Crippen molar-refractivity contribution in [3.63, 3.8) is 0 Å². The molecule has 0 aliphatic rings. The number of anilines is 1. The summed E-state index contributed by atoms with van der Waals surface area (Å²) in [7, 11) is 0. The molecule has 0 saturated carbocycles. The summed E-state index contributed by atoms with van der Waals surface area (Å²) in [5, 5.41) is 22.7. The number of Topliss-reactive ketones (excluding diaryl/α,β-unsaturated/α-hetero) is 1. The fourth-order valence-electron chi connectivity index (χ4n) is 5.43. The number of nitriles is 1. The van der Waals surface area contributed by atoms with Crippen LogP contribution in [0, 0.1) is 11.3 Å². The first-order valence-electron chi connectivity index (χ1n) is 15.7. The summed E-state index contributed by atoms with van der Waals surface area (Å²) in [6.07, 6.45) is 3.15. The Bertz CT molecular complexity index is 2030. The van der Waals surface area contributed by atoms with Crippen LogP contribution in [0.3, 0.4) is 0 Å². The molecule has 5 aromatic rings. The van der Waals surface area contributed by atoms with Gasteiger partial charge in [-0.15, -0.1) is 0 Å². The molecule has 0 aliphatic heterocycles. The van der Waals surface area contributed by atoms with Crippen LogP contribution in [0.5, 0.6) is 5.88 Å². The number of aliphatic imine (C=N–C) groups is 1. The van der Waals surface area contributed by atoms with Crippen molar-refractivity contribution in [2.45, 2.75) is 39.8 Å². The number of nitrogens with zero attached hydrogens (tertiary/aromatic N) is 4. The first-order chi connectivity index (χ1) is 23.4. The average molecular weight is 659 g/mol. The summed E-state index contributed by atoms with van der Waals surface area (Å²) >= 11 is 6.48. The number of rotatable bonds is 13. The molecule has 0 spiro atoms. The molecule has 0 unspecified atom stereocenters. The lowest BCUT2D eigenvalue weighted by atomic mass is 9.99. The van der Waals surface area contributed by atoms with Gasteiger partial charge in [-0.2, -0.15) is 5.26 Å². The van der Waals surface area contributed by atoms with Crippen LogP contribution in [0.4, 0.5) is 11.4 Å². The number of hydrogen-bond donors (Lipinski definition) is 1. The maximum atomic E-state index is 14.4. The second-order valence-corrected chi connectivity index (χ2v) is 11.4. The minimum atomic E-state index is -0.749. The van der Waals surface area contributed by atoms with Crippen LogP contribution in [0.15, 0.2) is 120 Å². The number of benzene rings is 4. The molecule has 5 rings (SSSR count). The molecule has 0 aliphatic carbocycles. The molecule has 8 nitrogen and oxygen atoms in total. The predicted octanol–water partition coefficient (Wildman–Crippen LogP) is 8.78. The summed E-state index contributed by atoms with van der Waals surface area (Å²) in [5.41, 5.74) is 3.00. The second-order valence-electron chi connectivity index (χ2n) is 11.0. The van der Waals surface area contributed by atoms with Crippen molar-refractivity contribution in [1.29, 1.82) is 5.26 Å². The van der Waals surface area contributed by atoms with Gasteiger partial charge in [0.15, 0.2) is 5.57 Å². The third kappa shape index (κ3) is 7.49. The van der Waals surface area contributed by atoms with Crippen molar-refractivity contribution in [2.24, 2.45) is 4.99 Å². The van der Waals surface area contributed by atoms with Crippen molar-refractivity contribution < 1.29 is 19.4 Å². The number of para-hydroxylation sites is 2. The maximum absolute atomic E-state index is 14.4. The Kier molecular flexibility index (Phi) is 11.1. The molecule has 242 valence electrons. The lowest BCUT2D eigenvalue weighted by Gasteiger charge is -2.23. The number of fused-ring (bicyclic) bond motifs is 1. The molecule has 1 heterocycles. The van der Waals surface area contributed by atoms with Gasteiger partial charge in [-0.3, -0.25) is 4.79 Å². The minimum Gasteiger partial charge on any atom is -0.494 e. The van der Waals surface area contributed by atoms with E-state index < -0.39 is 11.8 Å². The Morgan fingerprint density at radius 2 is 1.67 bits per heavy atom. The molecule has 4 aromatic carbocycles. The summed E-state index contributed by atoms with van der Waals surface area (Å²) in [6.45, 7) is 4.66. The van der Waals surface area contributed by atoms with Gasteiger partial charge in [0.1, 0.15) is 11.8 Å². The number of halogens is 1. The van der Waals surface area contributed by atoms with E-state index in [1.807, 2.05) is 54.6 Å². The summed E-state index contributed by atoms with van der Waals surface area (Å²) in [5.74, 6) is -1.23. The minimum absolute atomic E-state index is 0.0169. The number of esters is 1. The molecule has 0 fully saturated rings. The lowest BCUT2D eigenvalue weighted by molar-refractivity contribution is -0.138. The van der Waals surface area contributed by atoms with Crippen LogP contribution in [0.25, 0.3) is 10.9 Å². The highest BCUT2D eigenvalue weighted by molar-refractivity contribution is 6.54. The first kappa shape index (κ1) is 33.7. The van der Waals surface area contributed by atoms with Gasteiger partial charge >= 0.3 is 5.97 Å². The zero-order valence-electron chi connectivity index (χ0n) is 26.8. The number of carbonyl (C=O) groups is 2. The molecule has 1 aromatic heterocycles. The highest BCUT2D eigenvalue weighted by Crippen LogP contribution is 2.38. The number of aromatic nitrogens is 1. The number of ketones is 1. The molecule has 0 saturated heterocycles. The molecule has 0 atom stereocenters. The van der Waals surface area contributed by atoms with Crippen molar-refractivity contribution in [3.05, 3.63) is 137 Å². The highest BCUT2D eigenvalue weighted by atomic mass is 35.5. The first-order valence-corrected chi connectivity index (χ1v) is 16.1. The largest absolute Gasteiger partial charge is 0.494 e. The molecule has 48 heavy (non-hydrogen) atoms. The van der Waals surface area contributed by atoms with Gasteiger partial charge < -0.3 is 19.3 Å². The predicted molar refractivity (Wildman–Crippen MR) is 190 cm³/mol. The van der Waals surface area contributed by atoms with E-state index in [9.17, 15) is 20.0 Å². The fourth-order valence-corrected chi connectivity index (χ4v) is 5.60. The van der Waals surface area contributed by atoms with Gasteiger partial charge in [-0.1, -0.05) is 97.7 Å². The zero-order chi connectivity index (χ0) is 34.0. The Labute approximate surface area is 284 Å². The average Bonchev–Trinajstić information content (AvgIpc) is 3.38. The van der Waals surface area contributed by atoms with Crippen LogP contribution >= 0.6 is 11.6 Å². The van der Waals surface area contributed by atoms with Gasteiger partial charge in [0.2, 0.25) is 11.7 Å². The molecule has 9 heteroatoms. The number of ether oxygens (including phenoxy) is 1. The highest BCUT2D eigenvalue weighted by Gasteiger charge is 2.27. The Morgan fingerprint density at radius 3 is 2.35 bits per heavy atom. The fraction of sp³-hybridized carbons (Fsp3) is 0.179. The molecule has 1 N–H and O–H groups in total. The third-order valence-corrected chi connectivity index (χ3v) is 7.98. The van der Waals surface area contributed by atoms with E-state index in [-0.39, 0.29) is 35.9 Å². The van der Waals surface area contributed by atoms with E-state index in [0.717, 1.165) is 23.9 Å². The van der Waals surface area contributed by atoms with Gasteiger partial charge in [0, 0.05) is 35.3 Å². The number of hydrogen-bond acceptors (Lipinski definition) is 7. The van der Waals surface area contributed by atoms with Crippen molar-refractivity contribution in [3.8, 4) is 11.9 Å². The zero-order valence-corrected chi connectivity index (χ0v) is 27.5. The van der Waals surface area contributed by atoms with Crippen LogP contribution in [-0.2, 0) is 22.6 Å². The van der Waals surface area contributed by atoms with Gasteiger partial charge in [0.25, 0.3) is 0 Å². The lowest BCUT2D eigenvalue weighted by Crippen LogP contribution is -2.20. The van der Waals surface area contributed by atoms with E-state index in [0.29, 0.717) is 33.9 Å². The maximum Gasteiger partial charge on any atom is 0.350 e. The Morgan fingerprint density at radius 1 is 0.979 bits per heavy atom. The third-order valence-electron chi connectivity index (χ3n) is 7.74. The summed E-state index contributed by atoms with van der Waals surface area (Å²) < 4.78 is 6.92. The van der Waals surface area contributed by atoms with E-state index >= 15 is 0 Å². The van der Waals surface area contributed by atoms with E-state index in [2.05, 4.69) is 6.92 Å². The quantitative estimate of drug-likeness (QED) is 0.0445. The number of aryl methyl sites for hydroxylation is 1. The van der Waals surface area contributed by atoms with Crippen molar-refractivity contribution in [1.82, 2.24) is 4.57 Å². The topological polar surface area (TPSA) is 108 Å². The SMILES string of the molecule is CCCCn1c(O)c(C(=Nc2ccccc2N(/C=C(\C#N)C(=O)OCC)Cc2ccccc2)C(=O)c2ccccc2)c2cc(Cl)ccc21. The smallest absolute Gasteiger partial charge is 0.350 e. The van der Waals surface area contributed by atoms with Crippen molar-refractivity contribution in [2.75, 3.05) is 11.5 Å². The number of carbonyl (C=O) groups excluding carboxylic acids is 2. The van der Waals surface area contributed by atoms with Crippen molar-refractivity contribution >= 4 is 51.3 Å². The summed E-state index contributed by atoms with van der Waals surface area (Å²) in [4.78, 5) is 33.8. The van der Waals surface area contributed by atoms with Gasteiger partial charge in [-0.05, 0) is 49.2 Å². The van der Waals surface area contributed by atoms with E-state index in [1.54, 1.807) is 71.0 Å². The van der Waals surface area contributed by atoms with E-state index in [1.165, 1.54) is 6.20 Å². The normalized spacial score (nSPS) is 11.7. The van der Waals surface area contributed by atoms with Crippen LogP contribution < -0.4 is 4.90 Å². The number of unbranched alkanes of at least 4 members (excludes halogenated alkanes) is 1. The van der Waals surface area contributed by atoms with Crippen LogP contribution in [0.1, 0.15) is 48.2 Å². The molecular weight excluding hydrogens is 624 g/mol. The molecule has 0 bridgehead atoms. The second kappa shape index (κ2) is 15.8. The van der Waals surface area contributed by atoms with Crippen LogP contribution in [0.2, 0.25) is 5.02 Å². The van der Waals surface area contributed by atoms with Gasteiger partial charge in [-0.25, -0.2) is 9.79 Å². The molecule has 0 amide bonds. The molecule has 0 radical (unpaired) electrons. The van der Waals surface area contributed by atoms with Gasteiger partial charge in [0.05, 0.1) is 29.1 Å². The standard InChI is InChI=1S/C39H35ClN4O4/c1-3-5-22-44-33-21-20-30(40)23-31(33)35(38(44)46)36(37(45)28-16-10-7-11-17-28)42-32-18-12-13-19-34(32)43(25-27-14-8-6-9-15-27)26-29(24-41)39(47)48-4-2/h6-21,23,26,46H,3-5,22,25H2,1-2H3/b29-26+,42-36?. The van der Waals surface area contributed by atoms with Crippen LogP contribution in [-0.4, -0.2) is 33.7 Å². The van der Waals surface area contributed by atoms with E-state index in [4.69, 9.17) is 21.3 Å². The molecular formula is C39H35ClN4O4. The number of aromatic hydroxyl groups is 1. The Balaban J connectivity index is 1.77. The summed E-state index contributed by atoms with van der Waals surface area (Å²) in [6, 6.07) is 32.7. The monoisotopic (exact) mass is 658 g/mol.